The van der Waals surface area contributed by atoms with Crippen molar-refractivity contribution in [3.8, 4) is 0 Å². The highest BCUT2D eigenvalue weighted by Gasteiger charge is 2.08. The van der Waals surface area contributed by atoms with E-state index < -0.39 is 0 Å². The van der Waals surface area contributed by atoms with Gasteiger partial charge in [-0.25, -0.2) is 4.39 Å². The molecule has 0 radical (unpaired) electrons. The van der Waals surface area contributed by atoms with E-state index in [0.29, 0.717) is 11.1 Å². The summed E-state index contributed by atoms with van der Waals surface area (Å²) in [5.74, 6) is -0.543. The number of benzene rings is 2. The number of halogens is 1. The van der Waals surface area contributed by atoms with E-state index in [2.05, 4.69) is 10.2 Å². The highest BCUT2D eigenvalue weighted by atomic mass is 19.1. The molecule has 0 fully saturated rings. The quantitative estimate of drug-likeness (QED) is 0.933. The Labute approximate surface area is 124 Å². The van der Waals surface area contributed by atoms with E-state index in [-0.39, 0.29) is 11.7 Å². The fourth-order valence-electron chi connectivity index (χ4n) is 2.05. The zero-order valence-corrected chi connectivity index (χ0v) is 12.5. The molecule has 2 aromatic carbocycles. The maximum atomic E-state index is 13.2. The molecule has 2 rings (SSSR count). The molecule has 0 saturated carbocycles. The average Bonchev–Trinajstić information content (AvgIpc) is 2.43. The summed E-state index contributed by atoms with van der Waals surface area (Å²) >= 11 is 0. The minimum absolute atomic E-state index is 0.238. The third kappa shape index (κ3) is 4.13. The molecule has 0 spiro atoms. The molecule has 1 N–H and O–H groups in total. The van der Waals surface area contributed by atoms with Gasteiger partial charge in [0.1, 0.15) is 5.82 Å². The maximum absolute atomic E-state index is 13.2. The Morgan fingerprint density at radius 1 is 1.14 bits per heavy atom. The Kier molecular flexibility index (Phi) is 4.70. The third-order valence-electron chi connectivity index (χ3n) is 3.13. The predicted octanol–water partition coefficient (Wildman–Crippen LogP) is 3.45. The lowest BCUT2D eigenvalue weighted by Gasteiger charge is -2.11. The Morgan fingerprint density at radius 2 is 1.81 bits per heavy atom. The summed E-state index contributed by atoms with van der Waals surface area (Å²) in [7, 11) is 4.01. The van der Waals surface area contributed by atoms with Crippen molar-refractivity contribution in [3.05, 3.63) is 65.0 Å². The largest absolute Gasteiger partial charge is 0.322 e. The van der Waals surface area contributed by atoms with Crippen molar-refractivity contribution in [2.24, 2.45) is 0 Å². The predicted molar refractivity (Wildman–Crippen MR) is 82.9 cm³/mol. The fourth-order valence-corrected chi connectivity index (χ4v) is 2.05. The van der Waals surface area contributed by atoms with Crippen LogP contribution < -0.4 is 5.32 Å². The van der Waals surface area contributed by atoms with Gasteiger partial charge in [0, 0.05) is 17.8 Å². The van der Waals surface area contributed by atoms with Crippen LogP contribution in [0.15, 0.2) is 42.5 Å². The molecule has 110 valence electrons. The number of hydrogen-bond acceptors (Lipinski definition) is 2. The number of nitrogens with one attached hydrogen (secondary N) is 1. The smallest absolute Gasteiger partial charge is 0.255 e. The summed E-state index contributed by atoms with van der Waals surface area (Å²) in [5, 5.41) is 2.81. The molecule has 4 heteroatoms. The van der Waals surface area contributed by atoms with Crippen LogP contribution >= 0.6 is 0 Å². The second-order valence-corrected chi connectivity index (χ2v) is 5.35. The van der Waals surface area contributed by atoms with Crippen LogP contribution in [0.3, 0.4) is 0 Å². The average molecular weight is 286 g/mol. The first-order chi connectivity index (χ1) is 9.95. The van der Waals surface area contributed by atoms with Gasteiger partial charge in [-0.2, -0.15) is 0 Å². The SMILES string of the molecule is Cc1cc(C(=O)Nc2ccc(CN(C)C)cc2)ccc1F. The molecule has 0 aliphatic carbocycles. The normalized spacial score (nSPS) is 10.7. The van der Waals surface area contributed by atoms with E-state index in [1.165, 1.54) is 17.7 Å². The van der Waals surface area contributed by atoms with Gasteiger partial charge in [-0.1, -0.05) is 12.1 Å². The highest BCUT2D eigenvalue weighted by molar-refractivity contribution is 6.04. The third-order valence-corrected chi connectivity index (χ3v) is 3.13. The summed E-state index contributed by atoms with van der Waals surface area (Å²) in [6.45, 7) is 2.49. The van der Waals surface area contributed by atoms with Crippen LogP contribution in [-0.4, -0.2) is 24.9 Å². The number of aryl methyl sites for hydroxylation is 1. The van der Waals surface area contributed by atoms with Crippen molar-refractivity contribution in [2.45, 2.75) is 13.5 Å². The Bertz CT molecular complexity index is 636. The summed E-state index contributed by atoms with van der Waals surface area (Å²) in [6, 6.07) is 12.0. The van der Waals surface area contributed by atoms with E-state index in [0.717, 1.165) is 12.2 Å². The highest BCUT2D eigenvalue weighted by Crippen LogP contribution is 2.14. The molecule has 0 aliphatic heterocycles. The van der Waals surface area contributed by atoms with Gasteiger partial charge in [0.25, 0.3) is 5.91 Å². The molecule has 1 amide bonds. The Morgan fingerprint density at radius 3 is 2.38 bits per heavy atom. The van der Waals surface area contributed by atoms with Crippen LogP contribution in [0.1, 0.15) is 21.5 Å². The van der Waals surface area contributed by atoms with E-state index in [9.17, 15) is 9.18 Å². The molecular formula is C17H19FN2O. The number of anilines is 1. The molecule has 0 saturated heterocycles. The number of nitrogens with zero attached hydrogens (tertiary/aromatic N) is 1. The van der Waals surface area contributed by atoms with Crippen molar-refractivity contribution < 1.29 is 9.18 Å². The van der Waals surface area contributed by atoms with Gasteiger partial charge >= 0.3 is 0 Å². The number of carbonyl (C=O) groups excluding carboxylic acids is 1. The molecule has 2 aromatic rings. The van der Waals surface area contributed by atoms with Gasteiger partial charge < -0.3 is 10.2 Å². The lowest BCUT2D eigenvalue weighted by atomic mass is 10.1. The minimum atomic E-state index is -0.306. The molecule has 0 unspecified atom stereocenters. The minimum Gasteiger partial charge on any atom is -0.322 e. The molecular weight excluding hydrogens is 267 g/mol. The van der Waals surface area contributed by atoms with Gasteiger partial charge in [0.15, 0.2) is 0 Å². The molecule has 21 heavy (non-hydrogen) atoms. The van der Waals surface area contributed by atoms with Crippen LogP contribution in [0.25, 0.3) is 0 Å². The zero-order chi connectivity index (χ0) is 15.4. The van der Waals surface area contributed by atoms with Crippen molar-refractivity contribution in [1.82, 2.24) is 4.90 Å². The van der Waals surface area contributed by atoms with Crippen LogP contribution in [0.5, 0.6) is 0 Å². The number of hydrogen-bond donors (Lipinski definition) is 1. The lowest BCUT2D eigenvalue weighted by Crippen LogP contribution is -2.13. The summed E-state index contributed by atoms with van der Waals surface area (Å²) in [4.78, 5) is 14.2. The molecule has 0 bridgehead atoms. The number of amides is 1. The second kappa shape index (κ2) is 6.50. The van der Waals surface area contributed by atoms with E-state index in [1.807, 2.05) is 38.4 Å². The van der Waals surface area contributed by atoms with Crippen LogP contribution in [0, 0.1) is 12.7 Å². The van der Waals surface area contributed by atoms with Gasteiger partial charge in [-0.05, 0) is 62.5 Å². The van der Waals surface area contributed by atoms with Gasteiger partial charge in [0.2, 0.25) is 0 Å². The Hall–Kier alpha value is -2.20. The first-order valence-electron chi connectivity index (χ1n) is 6.77. The van der Waals surface area contributed by atoms with E-state index in [1.54, 1.807) is 13.0 Å². The molecule has 0 aromatic heterocycles. The van der Waals surface area contributed by atoms with E-state index >= 15 is 0 Å². The van der Waals surface area contributed by atoms with Crippen LogP contribution in [-0.2, 0) is 6.54 Å². The van der Waals surface area contributed by atoms with Gasteiger partial charge in [0.05, 0.1) is 0 Å². The topological polar surface area (TPSA) is 32.3 Å². The number of carbonyl (C=O) groups is 1. The first-order valence-corrected chi connectivity index (χ1v) is 6.77. The van der Waals surface area contributed by atoms with E-state index in [4.69, 9.17) is 0 Å². The van der Waals surface area contributed by atoms with Crippen LogP contribution in [0.2, 0.25) is 0 Å². The first kappa shape index (κ1) is 15.2. The van der Waals surface area contributed by atoms with Gasteiger partial charge in [-0.3, -0.25) is 4.79 Å². The summed E-state index contributed by atoms with van der Waals surface area (Å²) in [6.07, 6.45) is 0. The lowest BCUT2D eigenvalue weighted by molar-refractivity contribution is 0.102. The number of rotatable bonds is 4. The zero-order valence-electron chi connectivity index (χ0n) is 12.5. The fraction of sp³-hybridized carbons (Fsp3) is 0.235. The summed E-state index contributed by atoms with van der Waals surface area (Å²) in [5.41, 5.74) is 2.82. The van der Waals surface area contributed by atoms with Crippen molar-refractivity contribution >= 4 is 11.6 Å². The van der Waals surface area contributed by atoms with Crippen molar-refractivity contribution in [2.75, 3.05) is 19.4 Å². The van der Waals surface area contributed by atoms with Gasteiger partial charge in [-0.15, -0.1) is 0 Å². The second-order valence-electron chi connectivity index (χ2n) is 5.35. The molecule has 0 aliphatic rings. The Balaban J connectivity index is 2.06. The monoisotopic (exact) mass is 286 g/mol. The standard InChI is InChI=1S/C17H19FN2O/c1-12-10-14(6-9-16(12)18)17(21)19-15-7-4-13(5-8-15)11-20(2)3/h4-10H,11H2,1-3H3,(H,19,21). The maximum Gasteiger partial charge on any atom is 0.255 e. The van der Waals surface area contributed by atoms with Crippen molar-refractivity contribution in [1.29, 1.82) is 0 Å². The molecule has 0 atom stereocenters. The molecule has 0 heterocycles. The van der Waals surface area contributed by atoms with Crippen molar-refractivity contribution in [3.63, 3.8) is 0 Å². The molecule has 3 nitrogen and oxygen atoms in total. The summed E-state index contributed by atoms with van der Waals surface area (Å²) < 4.78 is 13.2. The van der Waals surface area contributed by atoms with Crippen LogP contribution in [0.4, 0.5) is 10.1 Å².